The Morgan fingerprint density at radius 3 is 2.75 bits per heavy atom. The van der Waals surface area contributed by atoms with Crippen LogP contribution in [-0.4, -0.2) is 28.8 Å². The molecule has 2 rings (SSSR count). The van der Waals surface area contributed by atoms with E-state index in [2.05, 4.69) is 10.4 Å². The molecule has 1 heterocycles. The van der Waals surface area contributed by atoms with Crippen LogP contribution >= 0.6 is 12.2 Å². The molecular weight excluding hydrogens is 222 g/mol. The maximum absolute atomic E-state index is 11.5. The van der Waals surface area contributed by atoms with Crippen LogP contribution in [-0.2, 0) is 4.79 Å². The Labute approximate surface area is 98.9 Å². The minimum Gasteiger partial charge on any atom is -0.301 e. The number of hydrazone groups is 1. The lowest BCUT2D eigenvalue weighted by Gasteiger charge is -2.11. The Balaban J connectivity index is 2.36. The Morgan fingerprint density at radius 1 is 1.38 bits per heavy atom. The van der Waals surface area contributed by atoms with Gasteiger partial charge >= 0.3 is 0 Å². The molecular formula is C11H11N3OS. The summed E-state index contributed by atoms with van der Waals surface area (Å²) in [5.74, 6) is -0.128. The molecule has 1 aromatic rings. The lowest BCUT2D eigenvalue weighted by atomic mass is 10.1. The highest BCUT2D eigenvalue weighted by molar-refractivity contribution is 7.80. The number of nitrogens with one attached hydrogen (secondary N) is 1. The maximum Gasteiger partial charge on any atom is 0.232 e. The standard InChI is InChI=1S/C11H11N3OS/c1-14-11(16)12-10(15)7-9(13-14)8-5-3-2-4-6-8/h2-6H,7H2,1H3,(H,12,15,16). The van der Waals surface area contributed by atoms with Crippen LogP contribution in [0, 0.1) is 0 Å². The number of rotatable bonds is 1. The Bertz CT molecular complexity index is 456. The summed E-state index contributed by atoms with van der Waals surface area (Å²) in [7, 11) is 1.72. The highest BCUT2D eigenvalue weighted by Crippen LogP contribution is 2.08. The number of amides is 1. The van der Waals surface area contributed by atoms with E-state index in [1.165, 1.54) is 5.01 Å². The average Bonchev–Trinajstić information content (AvgIpc) is 2.40. The van der Waals surface area contributed by atoms with E-state index in [1.807, 2.05) is 30.3 Å². The van der Waals surface area contributed by atoms with E-state index in [0.717, 1.165) is 11.3 Å². The van der Waals surface area contributed by atoms with E-state index >= 15 is 0 Å². The van der Waals surface area contributed by atoms with Gasteiger partial charge in [0.05, 0.1) is 12.1 Å². The number of thiocarbonyl (C=S) groups is 1. The second-order valence-corrected chi connectivity index (χ2v) is 3.85. The topological polar surface area (TPSA) is 44.7 Å². The molecule has 0 saturated carbocycles. The fourth-order valence-corrected chi connectivity index (χ4v) is 1.60. The largest absolute Gasteiger partial charge is 0.301 e. The summed E-state index contributed by atoms with van der Waals surface area (Å²) in [6.07, 6.45) is 0.245. The summed E-state index contributed by atoms with van der Waals surface area (Å²) >= 11 is 4.98. The number of benzene rings is 1. The Hall–Kier alpha value is -1.75. The number of nitrogens with zero attached hydrogens (tertiary/aromatic N) is 2. The maximum atomic E-state index is 11.5. The van der Waals surface area contributed by atoms with Crippen molar-refractivity contribution in [3.8, 4) is 0 Å². The number of hydrogen-bond donors (Lipinski definition) is 1. The van der Waals surface area contributed by atoms with Gasteiger partial charge in [-0.15, -0.1) is 0 Å². The fraction of sp³-hybridized carbons (Fsp3) is 0.182. The quantitative estimate of drug-likeness (QED) is 0.739. The van der Waals surface area contributed by atoms with Crippen LogP contribution in [0.3, 0.4) is 0 Å². The third kappa shape index (κ3) is 2.25. The Morgan fingerprint density at radius 2 is 2.06 bits per heavy atom. The van der Waals surface area contributed by atoms with Crippen LogP contribution in [0.5, 0.6) is 0 Å². The summed E-state index contributed by atoms with van der Waals surface area (Å²) in [6.45, 7) is 0. The predicted octanol–water partition coefficient (Wildman–Crippen LogP) is 1.13. The average molecular weight is 233 g/mol. The molecule has 0 aliphatic carbocycles. The summed E-state index contributed by atoms with van der Waals surface area (Å²) < 4.78 is 0. The zero-order valence-corrected chi connectivity index (χ0v) is 9.62. The molecule has 0 spiro atoms. The van der Waals surface area contributed by atoms with E-state index < -0.39 is 0 Å². The van der Waals surface area contributed by atoms with Crippen molar-refractivity contribution in [2.24, 2.45) is 5.10 Å². The molecule has 0 fully saturated rings. The van der Waals surface area contributed by atoms with Gasteiger partial charge in [0.1, 0.15) is 0 Å². The van der Waals surface area contributed by atoms with Gasteiger partial charge in [-0.2, -0.15) is 5.10 Å². The van der Waals surface area contributed by atoms with Crippen molar-refractivity contribution in [3.63, 3.8) is 0 Å². The number of carbonyl (C=O) groups excluding carboxylic acids is 1. The summed E-state index contributed by atoms with van der Waals surface area (Å²) in [5.41, 5.74) is 1.66. The van der Waals surface area contributed by atoms with Crippen molar-refractivity contribution < 1.29 is 4.79 Å². The van der Waals surface area contributed by atoms with Gasteiger partial charge in [0.15, 0.2) is 5.11 Å². The van der Waals surface area contributed by atoms with E-state index in [9.17, 15) is 4.79 Å². The third-order valence-electron chi connectivity index (χ3n) is 2.25. The summed E-state index contributed by atoms with van der Waals surface area (Å²) in [6, 6.07) is 9.61. The molecule has 1 amide bonds. The number of hydrogen-bond acceptors (Lipinski definition) is 3. The van der Waals surface area contributed by atoms with Gasteiger partial charge in [0.2, 0.25) is 5.91 Å². The van der Waals surface area contributed by atoms with Crippen molar-refractivity contribution in [1.82, 2.24) is 10.3 Å². The first-order valence-corrected chi connectivity index (χ1v) is 5.28. The van der Waals surface area contributed by atoms with E-state index in [1.54, 1.807) is 7.05 Å². The lowest BCUT2D eigenvalue weighted by Crippen LogP contribution is -2.35. The smallest absolute Gasteiger partial charge is 0.232 e. The zero-order chi connectivity index (χ0) is 11.5. The first-order chi connectivity index (χ1) is 7.66. The molecule has 0 atom stereocenters. The van der Waals surface area contributed by atoms with Gasteiger partial charge in [0.25, 0.3) is 0 Å². The van der Waals surface area contributed by atoms with E-state index in [0.29, 0.717) is 5.11 Å². The molecule has 82 valence electrons. The Kier molecular flexibility index (Phi) is 2.96. The molecule has 0 radical (unpaired) electrons. The van der Waals surface area contributed by atoms with E-state index in [-0.39, 0.29) is 12.3 Å². The molecule has 0 unspecified atom stereocenters. The second-order valence-electron chi connectivity index (χ2n) is 3.47. The van der Waals surface area contributed by atoms with Gasteiger partial charge in [0, 0.05) is 7.05 Å². The SMILES string of the molecule is CN1N=C(c2ccccc2)CC(=O)NC1=S. The second kappa shape index (κ2) is 4.40. The lowest BCUT2D eigenvalue weighted by molar-refractivity contribution is -0.118. The fourth-order valence-electron chi connectivity index (χ4n) is 1.45. The van der Waals surface area contributed by atoms with Gasteiger partial charge in [-0.1, -0.05) is 30.3 Å². The van der Waals surface area contributed by atoms with Crippen LogP contribution in [0.2, 0.25) is 0 Å². The van der Waals surface area contributed by atoms with Gasteiger partial charge < -0.3 is 5.32 Å². The molecule has 0 aromatic heterocycles. The van der Waals surface area contributed by atoms with Gasteiger partial charge in [-0.25, -0.2) is 5.01 Å². The van der Waals surface area contributed by atoms with Crippen LogP contribution in [0.4, 0.5) is 0 Å². The first kappa shape index (κ1) is 10.8. The molecule has 0 saturated heterocycles. The van der Waals surface area contributed by atoms with Gasteiger partial charge in [-0.05, 0) is 17.8 Å². The predicted molar refractivity (Wildman–Crippen MR) is 66.1 cm³/mol. The van der Waals surface area contributed by atoms with Gasteiger partial charge in [-0.3, -0.25) is 4.79 Å². The number of carbonyl (C=O) groups is 1. The highest BCUT2D eigenvalue weighted by atomic mass is 32.1. The van der Waals surface area contributed by atoms with Crippen molar-refractivity contribution in [1.29, 1.82) is 0 Å². The van der Waals surface area contributed by atoms with Crippen molar-refractivity contribution >= 4 is 28.9 Å². The molecule has 0 bridgehead atoms. The highest BCUT2D eigenvalue weighted by Gasteiger charge is 2.18. The third-order valence-corrected chi connectivity index (χ3v) is 2.61. The van der Waals surface area contributed by atoms with Crippen LogP contribution < -0.4 is 5.32 Å². The minimum atomic E-state index is -0.128. The van der Waals surface area contributed by atoms with Crippen LogP contribution in [0.1, 0.15) is 12.0 Å². The molecule has 1 aliphatic heterocycles. The molecule has 16 heavy (non-hydrogen) atoms. The molecule has 1 N–H and O–H groups in total. The normalized spacial score (nSPS) is 16.6. The summed E-state index contributed by atoms with van der Waals surface area (Å²) in [5, 5.41) is 8.73. The van der Waals surface area contributed by atoms with E-state index in [4.69, 9.17) is 12.2 Å². The molecule has 1 aromatic carbocycles. The van der Waals surface area contributed by atoms with Crippen LogP contribution in [0.15, 0.2) is 35.4 Å². The molecule has 4 nitrogen and oxygen atoms in total. The minimum absolute atomic E-state index is 0.128. The van der Waals surface area contributed by atoms with Crippen molar-refractivity contribution in [3.05, 3.63) is 35.9 Å². The summed E-state index contributed by atoms with van der Waals surface area (Å²) in [4.78, 5) is 11.5. The molecule has 5 heteroatoms. The first-order valence-electron chi connectivity index (χ1n) is 4.87. The van der Waals surface area contributed by atoms with Crippen LogP contribution in [0.25, 0.3) is 0 Å². The molecule has 1 aliphatic rings. The van der Waals surface area contributed by atoms with Crippen molar-refractivity contribution in [2.75, 3.05) is 7.05 Å². The monoisotopic (exact) mass is 233 g/mol. The zero-order valence-electron chi connectivity index (χ0n) is 8.80. The van der Waals surface area contributed by atoms with Crippen molar-refractivity contribution in [2.45, 2.75) is 6.42 Å².